The van der Waals surface area contributed by atoms with E-state index < -0.39 is 0 Å². The largest absolute Gasteiger partial charge is 0.454 e. The van der Waals surface area contributed by atoms with Crippen molar-refractivity contribution in [2.45, 2.75) is 0 Å². The minimum absolute atomic E-state index is 0.222. The standard InChI is InChI=1S/C20H16N6O2/c1-21-19-17(14-3-2-6-22-10-14)18(24-20(25-19)26-8-7-23-11-26)13-4-5-15-16(9-13)28-12-27-15/h2-11H,12H2,1H3,(H,21,24,25). The van der Waals surface area contributed by atoms with Crippen LogP contribution in [-0.4, -0.2) is 38.3 Å². The number of pyridine rings is 1. The van der Waals surface area contributed by atoms with E-state index in [1.54, 1.807) is 29.5 Å². The quantitative estimate of drug-likeness (QED) is 0.589. The second-order valence-corrected chi connectivity index (χ2v) is 6.13. The van der Waals surface area contributed by atoms with E-state index in [9.17, 15) is 0 Å². The van der Waals surface area contributed by atoms with Gasteiger partial charge in [-0.3, -0.25) is 9.55 Å². The maximum atomic E-state index is 5.56. The Morgan fingerprint density at radius 3 is 2.71 bits per heavy atom. The molecule has 0 radical (unpaired) electrons. The number of ether oxygens (including phenoxy) is 2. The summed E-state index contributed by atoms with van der Waals surface area (Å²) in [5, 5.41) is 3.19. The maximum absolute atomic E-state index is 5.56. The van der Waals surface area contributed by atoms with Crippen LogP contribution in [0.5, 0.6) is 11.5 Å². The number of anilines is 1. The van der Waals surface area contributed by atoms with Crippen LogP contribution in [0.4, 0.5) is 5.82 Å². The average Bonchev–Trinajstić information content (AvgIpc) is 3.45. The Bertz CT molecular complexity index is 1130. The first-order chi connectivity index (χ1) is 13.8. The van der Waals surface area contributed by atoms with Gasteiger partial charge in [0.25, 0.3) is 0 Å². The summed E-state index contributed by atoms with van der Waals surface area (Å²) in [6, 6.07) is 9.67. The molecule has 1 N–H and O–H groups in total. The highest BCUT2D eigenvalue weighted by Crippen LogP contribution is 2.40. The van der Waals surface area contributed by atoms with Crippen LogP contribution in [0, 0.1) is 0 Å². The first-order valence-electron chi connectivity index (χ1n) is 8.72. The van der Waals surface area contributed by atoms with Crippen LogP contribution in [0.25, 0.3) is 28.3 Å². The molecule has 138 valence electrons. The summed E-state index contributed by atoms with van der Waals surface area (Å²) in [7, 11) is 1.84. The first-order valence-corrected chi connectivity index (χ1v) is 8.72. The zero-order valence-electron chi connectivity index (χ0n) is 15.0. The second kappa shape index (κ2) is 6.66. The monoisotopic (exact) mass is 372 g/mol. The fraction of sp³-hybridized carbons (Fsp3) is 0.100. The lowest BCUT2D eigenvalue weighted by molar-refractivity contribution is 0.174. The molecule has 4 aromatic rings. The van der Waals surface area contributed by atoms with Crippen molar-refractivity contribution in [1.82, 2.24) is 24.5 Å². The van der Waals surface area contributed by atoms with Crippen molar-refractivity contribution >= 4 is 5.82 Å². The zero-order valence-corrected chi connectivity index (χ0v) is 15.0. The summed E-state index contributed by atoms with van der Waals surface area (Å²) in [6.45, 7) is 0.222. The lowest BCUT2D eigenvalue weighted by Crippen LogP contribution is -2.07. The van der Waals surface area contributed by atoms with Crippen LogP contribution in [0.2, 0.25) is 0 Å². The second-order valence-electron chi connectivity index (χ2n) is 6.13. The first kappa shape index (κ1) is 16.2. The molecule has 3 aromatic heterocycles. The lowest BCUT2D eigenvalue weighted by Gasteiger charge is -2.16. The van der Waals surface area contributed by atoms with E-state index in [0.717, 1.165) is 28.1 Å². The van der Waals surface area contributed by atoms with Gasteiger partial charge in [-0.25, -0.2) is 9.97 Å². The summed E-state index contributed by atoms with van der Waals surface area (Å²) < 4.78 is 12.8. The van der Waals surface area contributed by atoms with Crippen molar-refractivity contribution in [3.05, 3.63) is 61.4 Å². The average molecular weight is 372 g/mol. The van der Waals surface area contributed by atoms with Crippen molar-refractivity contribution in [1.29, 1.82) is 0 Å². The number of nitrogens with zero attached hydrogens (tertiary/aromatic N) is 5. The van der Waals surface area contributed by atoms with E-state index in [-0.39, 0.29) is 6.79 Å². The Hall–Kier alpha value is -3.94. The molecule has 0 atom stereocenters. The number of aromatic nitrogens is 5. The molecule has 0 unspecified atom stereocenters. The van der Waals surface area contributed by atoms with Crippen molar-refractivity contribution in [3.8, 4) is 39.8 Å². The van der Waals surface area contributed by atoms with E-state index >= 15 is 0 Å². The highest BCUT2D eigenvalue weighted by Gasteiger charge is 2.21. The fourth-order valence-corrected chi connectivity index (χ4v) is 3.16. The van der Waals surface area contributed by atoms with Crippen LogP contribution in [0.1, 0.15) is 0 Å². The molecule has 1 aliphatic rings. The molecule has 4 heterocycles. The van der Waals surface area contributed by atoms with E-state index in [1.807, 2.05) is 43.6 Å². The Kier molecular flexibility index (Phi) is 3.86. The molecule has 0 bridgehead atoms. The highest BCUT2D eigenvalue weighted by molar-refractivity contribution is 5.88. The van der Waals surface area contributed by atoms with E-state index in [0.29, 0.717) is 17.5 Å². The van der Waals surface area contributed by atoms with Gasteiger partial charge in [0.2, 0.25) is 12.7 Å². The van der Waals surface area contributed by atoms with E-state index in [2.05, 4.69) is 20.3 Å². The Morgan fingerprint density at radius 1 is 1.00 bits per heavy atom. The summed E-state index contributed by atoms with van der Waals surface area (Å²) in [5.41, 5.74) is 3.42. The van der Waals surface area contributed by atoms with Crippen molar-refractivity contribution in [2.75, 3.05) is 19.2 Å². The number of imidazole rings is 1. The van der Waals surface area contributed by atoms with Crippen LogP contribution in [0.3, 0.4) is 0 Å². The molecular formula is C20H16N6O2. The normalized spacial score (nSPS) is 12.2. The van der Waals surface area contributed by atoms with Gasteiger partial charge < -0.3 is 14.8 Å². The van der Waals surface area contributed by atoms with Crippen molar-refractivity contribution in [3.63, 3.8) is 0 Å². The SMILES string of the molecule is CNc1nc(-n2ccnc2)nc(-c2ccc3c(c2)OCO3)c1-c1cccnc1. The van der Waals surface area contributed by atoms with Crippen LogP contribution < -0.4 is 14.8 Å². The van der Waals surface area contributed by atoms with Crippen LogP contribution in [-0.2, 0) is 0 Å². The van der Waals surface area contributed by atoms with Crippen molar-refractivity contribution < 1.29 is 9.47 Å². The highest BCUT2D eigenvalue weighted by atomic mass is 16.7. The summed E-state index contributed by atoms with van der Waals surface area (Å²) in [5.74, 6) is 2.63. The Morgan fingerprint density at radius 2 is 1.93 bits per heavy atom. The third kappa shape index (κ3) is 2.71. The number of nitrogens with one attached hydrogen (secondary N) is 1. The fourth-order valence-electron chi connectivity index (χ4n) is 3.16. The van der Waals surface area contributed by atoms with E-state index in [4.69, 9.17) is 14.5 Å². The molecule has 0 saturated carbocycles. The Labute approximate surface area is 160 Å². The molecule has 5 rings (SSSR count). The number of hydrogen-bond acceptors (Lipinski definition) is 7. The molecule has 8 heteroatoms. The number of hydrogen-bond donors (Lipinski definition) is 1. The molecule has 8 nitrogen and oxygen atoms in total. The number of fused-ring (bicyclic) bond motifs is 1. The molecular weight excluding hydrogens is 356 g/mol. The minimum atomic E-state index is 0.222. The summed E-state index contributed by atoms with van der Waals surface area (Å²) >= 11 is 0. The van der Waals surface area contributed by atoms with Gasteiger partial charge in [-0.1, -0.05) is 6.07 Å². The van der Waals surface area contributed by atoms with Gasteiger partial charge in [0.15, 0.2) is 11.5 Å². The third-order valence-corrected chi connectivity index (χ3v) is 4.47. The van der Waals surface area contributed by atoms with Crippen LogP contribution in [0.15, 0.2) is 61.4 Å². The van der Waals surface area contributed by atoms with Gasteiger partial charge in [0.1, 0.15) is 12.1 Å². The predicted molar refractivity (Wildman–Crippen MR) is 103 cm³/mol. The smallest absolute Gasteiger partial charge is 0.237 e. The molecule has 0 saturated heterocycles. The molecule has 0 spiro atoms. The third-order valence-electron chi connectivity index (χ3n) is 4.47. The minimum Gasteiger partial charge on any atom is -0.454 e. The molecule has 1 aliphatic heterocycles. The van der Waals surface area contributed by atoms with Crippen LogP contribution >= 0.6 is 0 Å². The number of rotatable bonds is 4. The number of benzene rings is 1. The van der Waals surface area contributed by atoms with Gasteiger partial charge in [0.05, 0.1) is 11.3 Å². The summed E-state index contributed by atoms with van der Waals surface area (Å²) in [4.78, 5) is 17.9. The topological polar surface area (TPSA) is 87.0 Å². The van der Waals surface area contributed by atoms with Gasteiger partial charge in [-0.05, 0) is 24.3 Å². The van der Waals surface area contributed by atoms with Gasteiger partial charge >= 0.3 is 0 Å². The predicted octanol–water partition coefficient (Wildman–Crippen LogP) is 3.16. The maximum Gasteiger partial charge on any atom is 0.237 e. The summed E-state index contributed by atoms with van der Waals surface area (Å²) in [6.07, 6.45) is 8.71. The molecule has 0 aliphatic carbocycles. The zero-order chi connectivity index (χ0) is 18.9. The molecule has 28 heavy (non-hydrogen) atoms. The lowest BCUT2D eigenvalue weighted by atomic mass is 10.0. The van der Waals surface area contributed by atoms with Gasteiger partial charge in [0, 0.05) is 43.0 Å². The molecule has 1 aromatic carbocycles. The van der Waals surface area contributed by atoms with Gasteiger partial charge in [-0.15, -0.1) is 0 Å². The van der Waals surface area contributed by atoms with Gasteiger partial charge in [-0.2, -0.15) is 4.98 Å². The molecule has 0 fully saturated rings. The van der Waals surface area contributed by atoms with Crippen molar-refractivity contribution in [2.24, 2.45) is 0 Å². The van der Waals surface area contributed by atoms with E-state index in [1.165, 1.54) is 0 Å². The molecule has 0 amide bonds. The Balaban J connectivity index is 1.78.